The van der Waals surface area contributed by atoms with Crippen molar-refractivity contribution in [3.05, 3.63) is 47.5 Å². The normalized spacial score (nSPS) is 16.0. The minimum Gasteiger partial charge on any atom is -0.352 e. The summed E-state index contributed by atoms with van der Waals surface area (Å²) in [5.41, 5.74) is 1.32. The van der Waals surface area contributed by atoms with Gasteiger partial charge >= 0.3 is 6.18 Å². The number of nitrogens with one attached hydrogen (secondary N) is 3. The number of halogens is 5. The zero-order valence-corrected chi connectivity index (χ0v) is 25.2. The van der Waals surface area contributed by atoms with Crippen LogP contribution in [0.25, 0.3) is 11.0 Å². The van der Waals surface area contributed by atoms with Crippen LogP contribution in [-0.4, -0.2) is 43.7 Å². The average Bonchev–Trinajstić information content (AvgIpc) is 3.57. The zero-order chi connectivity index (χ0) is 32.0. The van der Waals surface area contributed by atoms with Crippen LogP contribution in [0, 0.1) is 11.3 Å². The largest absolute Gasteiger partial charge is 0.393 e. The number of nitrogens with zero attached hydrogens (tertiary/aromatic N) is 3. The Balaban J connectivity index is 0.000000389. The van der Waals surface area contributed by atoms with Crippen LogP contribution in [0.4, 0.5) is 22.0 Å². The summed E-state index contributed by atoms with van der Waals surface area (Å²) in [5.74, 6) is -2.69. The first-order valence-electron chi connectivity index (χ1n) is 14.5. The number of hydrogen-bond acceptors (Lipinski definition) is 4. The Morgan fingerprint density at radius 2 is 1.67 bits per heavy atom. The monoisotopic (exact) mass is 612 g/mol. The van der Waals surface area contributed by atoms with E-state index in [1.54, 1.807) is 16.9 Å². The van der Waals surface area contributed by atoms with Gasteiger partial charge in [0.05, 0.1) is 23.0 Å². The number of alkyl halides is 5. The highest BCUT2D eigenvalue weighted by atomic mass is 19.4. The van der Waals surface area contributed by atoms with Crippen LogP contribution in [-0.2, 0) is 17.9 Å². The van der Waals surface area contributed by atoms with Gasteiger partial charge < -0.3 is 15.6 Å². The fourth-order valence-electron chi connectivity index (χ4n) is 3.93. The highest BCUT2D eigenvalue weighted by molar-refractivity contribution is 5.92. The van der Waals surface area contributed by atoms with Gasteiger partial charge in [0.1, 0.15) is 11.5 Å². The molecule has 3 N–H and O–H groups in total. The number of carbonyl (C=O) groups is 2. The molecule has 0 atom stereocenters. The van der Waals surface area contributed by atoms with Gasteiger partial charge in [-0.05, 0) is 43.5 Å². The first-order valence-corrected chi connectivity index (χ1v) is 14.5. The number of amides is 2. The van der Waals surface area contributed by atoms with Crippen LogP contribution in [0.15, 0.2) is 30.5 Å². The molecule has 0 aliphatic heterocycles. The number of aromatic amines is 1. The molecule has 3 aromatic rings. The highest BCUT2D eigenvalue weighted by Gasteiger charge is 2.45. The van der Waals surface area contributed by atoms with Crippen molar-refractivity contribution in [2.75, 3.05) is 0 Å². The summed E-state index contributed by atoms with van der Waals surface area (Å²) in [5, 5.41) is 9.79. The molecule has 0 unspecified atom stereocenters. The molecular weight excluding hydrogens is 571 g/mol. The first-order chi connectivity index (χ1) is 19.9. The van der Waals surface area contributed by atoms with E-state index in [0.717, 1.165) is 37.4 Å². The van der Waals surface area contributed by atoms with Crippen LogP contribution in [0.5, 0.6) is 0 Å². The van der Waals surface area contributed by atoms with E-state index in [9.17, 15) is 31.5 Å². The van der Waals surface area contributed by atoms with E-state index in [-0.39, 0.29) is 49.6 Å². The van der Waals surface area contributed by atoms with Crippen molar-refractivity contribution in [3.63, 3.8) is 0 Å². The lowest BCUT2D eigenvalue weighted by Crippen LogP contribution is -2.38. The Hall–Kier alpha value is -3.51. The third-order valence-corrected chi connectivity index (χ3v) is 6.75. The van der Waals surface area contributed by atoms with Crippen molar-refractivity contribution in [1.29, 1.82) is 0 Å². The third kappa shape index (κ3) is 10.6. The van der Waals surface area contributed by atoms with Gasteiger partial charge in [-0.2, -0.15) is 18.3 Å². The molecule has 2 aliphatic rings. The number of H-pyrrole nitrogens is 1. The molecule has 2 amide bonds. The van der Waals surface area contributed by atoms with Crippen molar-refractivity contribution < 1.29 is 31.5 Å². The standard InChI is InChI=1S/C22H26F2N6O2.C5H9F3.C3H6/c1-13(2)30-18(5-6-27-30)21(32)26-12-19-28-16-4-3-14(7-17(16)29-19)11-25-20(31)8-15-9-22(23,24)10-15;1-4(2,3)5(6,7)8;1-2-3-1/h3-7,13,15H,8-12H2,1-2H3,(H,25,31)(H,26,32)(H,28,29);1-3H3;1-3H2. The van der Waals surface area contributed by atoms with Crippen molar-refractivity contribution in [1.82, 2.24) is 30.4 Å². The fraction of sp³-hybridized carbons (Fsp3) is 0.600. The summed E-state index contributed by atoms with van der Waals surface area (Å²) in [6, 6.07) is 7.30. The second kappa shape index (κ2) is 13.9. The molecule has 1 aromatic carbocycles. The van der Waals surface area contributed by atoms with Crippen LogP contribution in [0.2, 0.25) is 0 Å². The summed E-state index contributed by atoms with van der Waals surface area (Å²) in [6.45, 7) is 7.88. The van der Waals surface area contributed by atoms with Gasteiger partial charge in [-0.25, -0.2) is 13.8 Å². The third-order valence-electron chi connectivity index (χ3n) is 6.75. The maximum absolute atomic E-state index is 12.9. The minimum atomic E-state index is -4.06. The molecule has 238 valence electrons. The minimum absolute atomic E-state index is 0.0746. The molecule has 5 rings (SSSR count). The molecule has 8 nitrogen and oxygen atoms in total. The number of hydrogen-bond donors (Lipinski definition) is 3. The lowest BCUT2D eigenvalue weighted by Gasteiger charge is -2.34. The number of fused-ring (bicyclic) bond motifs is 1. The molecule has 2 saturated carbocycles. The maximum atomic E-state index is 12.9. The smallest absolute Gasteiger partial charge is 0.352 e. The lowest BCUT2D eigenvalue weighted by molar-refractivity contribution is -0.204. The number of carbonyl (C=O) groups excluding carboxylic acids is 2. The van der Waals surface area contributed by atoms with Gasteiger partial charge in [0.2, 0.25) is 11.8 Å². The van der Waals surface area contributed by atoms with E-state index in [4.69, 9.17) is 0 Å². The molecule has 13 heteroatoms. The molecule has 2 aromatic heterocycles. The molecule has 0 saturated heterocycles. The molecule has 2 fully saturated rings. The summed E-state index contributed by atoms with van der Waals surface area (Å²) < 4.78 is 62.1. The number of benzene rings is 1. The van der Waals surface area contributed by atoms with E-state index in [1.807, 2.05) is 32.0 Å². The van der Waals surface area contributed by atoms with Crippen molar-refractivity contribution >= 4 is 22.8 Å². The predicted molar refractivity (Wildman–Crippen MR) is 153 cm³/mol. The van der Waals surface area contributed by atoms with Gasteiger partial charge in [0, 0.05) is 38.0 Å². The average molecular weight is 613 g/mol. The van der Waals surface area contributed by atoms with Crippen LogP contribution < -0.4 is 10.6 Å². The van der Waals surface area contributed by atoms with Gasteiger partial charge in [0.25, 0.3) is 5.91 Å². The second-order valence-electron chi connectivity index (χ2n) is 12.4. The maximum Gasteiger partial charge on any atom is 0.393 e. The summed E-state index contributed by atoms with van der Waals surface area (Å²) in [6.07, 6.45) is 1.74. The second-order valence-corrected chi connectivity index (χ2v) is 12.4. The van der Waals surface area contributed by atoms with Crippen molar-refractivity contribution in [2.45, 2.75) is 104 Å². The molecule has 0 bridgehead atoms. The number of rotatable bonds is 8. The van der Waals surface area contributed by atoms with E-state index in [0.29, 0.717) is 18.1 Å². The van der Waals surface area contributed by atoms with Crippen LogP contribution >= 0.6 is 0 Å². The Kier molecular flexibility index (Phi) is 10.9. The molecular formula is C30H41F5N6O2. The molecule has 43 heavy (non-hydrogen) atoms. The van der Waals surface area contributed by atoms with E-state index in [2.05, 4.69) is 25.7 Å². The quantitative estimate of drug-likeness (QED) is 0.236. The summed E-state index contributed by atoms with van der Waals surface area (Å²) in [4.78, 5) is 32.1. The first kappa shape index (κ1) is 34.0. The highest BCUT2D eigenvalue weighted by Crippen LogP contribution is 2.44. The van der Waals surface area contributed by atoms with Gasteiger partial charge in [0.15, 0.2) is 0 Å². The molecule has 2 aliphatic carbocycles. The Labute approximate surface area is 248 Å². The fourth-order valence-corrected chi connectivity index (χ4v) is 3.93. The molecule has 2 heterocycles. The zero-order valence-electron chi connectivity index (χ0n) is 25.2. The van der Waals surface area contributed by atoms with Crippen molar-refractivity contribution in [2.24, 2.45) is 11.3 Å². The molecule has 0 radical (unpaired) electrons. The Bertz CT molecular complexity index is 1350. The summed E-state index contributed by atoms with van der Waals surface area (Å²) in [7, 11) is 0. The Morgan fingerprint density at radius 3 is 2.21 bits per heavy atom. The van der Waals surface area contributed by atoms with E-state index < -0.39 is 17.5 Å². The van der Waals surface area contributed by atoms with E-state index >= 15 is 0 Å². The van der Waals surface area contributed by atoms with Gasteiger partial charge in [-0.1, -0.05) is 46.1 Å². The van der Waals surface area contributed by atoms with Gasteiger partial charge in [-0.15, -0.1) is 0 Å². The van der Waals surface area contributed by atoms with Crippen LogP contribution in [0.1, 0.15) is 101 Å². The SMILES string of the molecule is C1CC1.CC(C)(C)C(F)(F)F.CC(C)n1nccc1C(=O)NCc1nc2ccc(CNC(=O)CC3CC(F)(F)C3)cc2[nH]1. The number of imidazole rings is 1. The summed E-state index contributed by atoms with van der Waals surface area (Å²) >= 11 is 0. The predicted octanol–water partition coefficient (Wildman–Crippen LogP) is 7.09. The lowest BCUT2D eigenvalue weighted by atomic mass is 9.79. The topological polar surface area (TPSA) is 105 Å². The molecule has 0 spiro atoms. The van der Waals surface area contributed by atoms with Gasteiger partial charge in [-0.3, -0.25) is 14.3 Å². The Morgan fingerprint density at radius 1 is 1.05 bits per heavy atom. The van der Waals surface area contributed by atoms with Crippen LogP contribution in [0.3, 0.4) is 0 Å². The van der Waals surface area contributed by atoms with E-state index in [1.165, 1.54) is 19.3 Å². The van der Waals surface area contributed by atoms with Crippen molar-refractivity contribution in [3.8, 4) is 0 Å². The number of aromatic nitrogens is 4.